The van der Waals surface area contributed by atoms with Crippen LogP contribution in [-0.4, -0.2) is 12.2 Å². The summed E-state index contributed by atoms with van der Waals surface area (Å²) in [5.74, 6) is 0. The van der Waals surface area contributed by atoms with Crippen LogP contribution in [-0.2, 0) is 0 Å². The molecule has 0 bridgehead atoms. The highest BCUT2D eigenvalue weighted by atomic mass is 79.9. The molecule has 0 amide bonds. The Morgan fingerprint density at radius 3 is 2.10 bits per heavy atom. The molecule has 1 unspecified atom stereocenters. The molecule has 3 heteroatoms. The van der Waals surface area contributed by atoms with Gasteiger partial charge < -0.3 is 10.0 Å². The molecule has 0 radical (unpaired) electrons. The molecule has 0 aliphatic heterocycles. The quantitative estimate of drug-likeness (QED) is 0.864. The number of hydrogen-bond donors (Lipinski definition) is 1. The second kappa shape index (κ2) is 5.98. The average Bonchev–Trinajstić information content (AvgIpc) is 2.36. The fourth-order valence-corrected chi connectivity index (χ4v) is 3.05. The van der Waals surface area contributed by atoms with E-state index in [0.29, 0.717) is 0 Å². The fraction of sp³-hybridized carbons (Fsp3) is 0.294. The largest absolute Gasteiger partial charge is 0.389 e. The summed E-state index contributed by atoms with van der Waals surface area (Å²) in [5.41, 5.74) is 5.67. The molecule has 1 N–H and O–H groups in total. The Morgan fingerprint density at radius 2 is 1.60 bits per heavy atom. The van der Waals surface area contributed by atoms with Gasteiger partial charge in [0.1, 0.15) is 0 Å². The lowest BCUT2D eigenvalue weighted by atomic mass is 10.1. The van der Waals surface area contributed by atoms with E-state index < -0.39 is 6.10 Å². The van der Waals surface area contributed by atoms with Crippen LogP contribution in [0, 0.1) is 13.8 Å². The number of anilines is 2. The smallest absolute Gasteiger partial charge is 0.0772 e. The van der Waals surface area contributed by atoms with Crippen LogP contribution >= 0.6 is 15.9 Å². The van der Waals surface area contributed by atoms with E-state index in [9.17, 15) is 5.11 Å². The first-order chi connectivity index (χ1) is 9.38. The summed E-state index contributed by atoms with van der Waals surface area (Å²) in [6.45, 7) is 5.99. The van der Waals surface area contributed by atoms with Crippen LogP contribution in [0.15, 0.2) is 40.9 Å². The Labute approximate surface area is 129 Å². The highest BCUT2D eigenvalue weighted by Gasteiger charge is 2.10. The van der Waals surface area contributed by atoms with Crippen molar-refractivity contribution in [2.24, 2.45) is 0 Å². The Hall–Kier alpha value is -1.32. The zero-order valence-corrected chi connectivity index (χ0v) is 13.9. The van der Waals surface area contributed by atoms with Crippen LogP contribution in [0.2, 0.25) is 0 Å². The van der Waals surface area contributed by atoms with E-state index in [1.54, 1.807) is 6.92 Å². The van der Waals surface area contributed by atoms with Crippen molar-refractivity contribution in [3.8, 4) is 0 Å². The third-order valence-electron chi connectivity index (χ3n) is 3.42. The normalized spacial score (nSPS) is 12.3. The lowest BCUT2D eigenvalue weighted by Gasteiger charge is -2.22. The van der Waals surface area contributed by atoms with E-state index in [0.717, 1.165) is 15.7 Å². The fourth-order valence-electron chi connectivity index (χ4n) is 2.36. The van der Waals surface area contributed by atoms with E-state index in [2.05, 4.69) is 59.9 Å². The molecule has 0 spiro atoms. The number of benzene rings is 2. The molecule has 0 heterocycles. The van der Waals surface area contributed by atoms with Gasteiger partial charge in [-0.1, -0.05) is 28.1 Å². The molecule has 0 aliphatic rings. The summed E-state index contributed by atoms with van der Waals surface area (Å²) in [6, 6.07) is 12.5. The second-order valence-corrected chi connectivity index (χ2v) is 6.14. The summed E-state index contributed by atoms with van der Waals surface area (Å²) in [7, 11) is 2.05. The van der Waals surface area contributed by atoms with Crippen LogP contribution in [0.4, 0.5) is 11.4 Å². The van der Waals surface area contributed by atoms with E-state index >= 15 is 0 Å². The van der Waals surface area contributed by atoms with E-state index in [1.807, 2.05) is 18.2 Å². The Bertz CT molecular complexity index is 602. The summed E-state index contributed by atoms with van der Waals surface area (Å²) >= 11 is 3.53. The topological polar surface area (TPSA) is 23.5 Å². The van der Waals surface area contributed by atoms with Crippen LogP contribution in [0.25, 0.3) is 0 Å². The molecule has 2 rings (SSSR count). The van der Waals surface area contributed by atoms with E-state index in [1.165, 1.54) is 16.8 Å². The van der Waals surface area contributed by atoms with Crippen molar-refractivity contribution in [3.05, 3.63) is 57.6 Å². The second-order valence-electron chi connectivity index (χ2n) is 5.29. The molecule has 1 atom stereocenters. The zero-order chi connectivity index (χ0) is 14.9. The number of aliphatic hydroxyl groups is 1. The third kappa shape index (κ3) is 3.22. The zero-order valence-electron chi connectivity index (χ0n) is 12.3. The monoisotopic (exact) mass is 333 g/mol. The maximum atomic E-state index is 9.68. The van der Waals surface area contributed by atoms with Crippen LogP contribution in [0.5, 0.6) is 0 Å². The van der Waals surface area contributed by atoms with Crippen LogP contribution < -0.4 is 4.90 Å². The Kier molecular flexibility index (Phi) is 4.51. The van der Waals surface area contributed by atoms with Crippen molar-refractivity contribution in [1.29, 1.82) is 0 Å². The molecule has 2 nitrogen and oxygen atoms in total. The van der Waals surface area contributed by atoms with Gasteiger partial charge in [-0.15, -0.1) is 0 Å². The van der Waals surface area contributed by atoms with Crippen molar-refractivity contribution in [1.82, 2.24) is 0 Å². The van der Waals surface area contributed by atoms with Crippen LogP contribution in [0.1, 0.15) is 29.7 Å². The summed E-state index contributed by atoms with van der Waals surface area (Å²) < 4.78 is 0.932. The highest BCUT2D eigenvalue weighted by molar-refractivity contribution is 9.10. The Morgan fingerprint density at radius 1 is 1.00 bits per heavy atom. The number of aliphatic hydroxyl groups excluding tert-OH is 1. The molecule has 0 aromatic heterocycles. The van der Waals surface area contributed by atoms with Gasteiger partial charge in [0.2, 0.25) is 0 Å². The molecule has 0 saturated heterocycles. The summed E-state index contributed by atoms with van der Waals surface area (Å²) in [5, 5.41) is 9.68. The number of hydrogen-bond acceptors (Lipinski definition) is 2. The van der Waals surface area contributed by atoms with Gasteiger partial charge in [-0.3, -0.25) is 0 Å². The molecule has 106 valence electrons. The minimum absolute atomic E-state index is 0.468. The summed E-state index contributed by atoms with van der Waals surface area (Å²) in [4.78, 5) is 2.15. The Balaban J connectivity index is 2.38. The van der Waals surface area contributed by atoms with Gasteiger partial charge in [0.05, 0.1) is 6.10 Å². The first-order valence-electron chi connectivity index (χ1n) is 6.68. The van der Waals surface area contributed by atoms with Crippen molar-refractivity contribution < 1.29 is 5.11 Å². The van der Waals surface area contributed by atoms with E-state index in [4.69, 9.17) is 0 Å². The summed E-state index contributed by atoms with van der Waals surface area (Å²) in [6.07, 6.45) is -0.468. The molecule has 2 aromatic carbocycles. The number of aryl methyl sites for hydroxylation is 2. The van der Waals surface area contributed by atoms with Crippen molar-refractivity contribution >= 4 is 27.3 Å². The van der Waals surface area contributed by atoms with Gasteiger partial charge in [-0.2, -0.15) is 0 Å². The minimum Gasteiger partial charge on any atom is -0.389 e. The van der Waals surface area contributed by atoms with Gasteiger partial charge in [0, 0.05) is 22.9 Å². The molecule has 2 aromatic rings. The van der Waals surface area contributed by atoms with Gasteiger partial charge in [-0.25, -0.2) is 0 Å². The minimum atomic E-state index is -0.468. The maximum Gasteiger partial charge on any atom is 0.0772 e. The maximum absolute atomic E-state index is 9.68. The van der Waals surface area contributed by atoms with Crippen LogP contribution in [0.3, 0.4) is 0 Å². The SMILES string of the molecule is Cc1cc(C)cc(N(C)c2ccc(C(C)O)c(Br)c2)c1. The van der Waals surface area contributed by atoms with Crippen molar-refractivity contribution in [2.75, 3.05) is 11.9 Å². The molecular weight excluding hydrogens is 314 g/mol. The number of nitrogens with zero attached hydrogens (tertiary/aromatic N) is 1. The lowest BCUT2D eigenvalue weighted by Crippen LogP contribution is -2.10. The van der Waals surface area contributed by atoms with Gasteiger partial charge >= 0.3 is 0 Å². The standard InChI is InChI=1S/C17H20BrNO/c1-11-7-12(2)9-15(8-11)19(4)14-5-6-16(13(3)20)17(18)10-14/h5-10,13,20H,1-4H3. The molecule has 0 aliphatic carbocycles. The molecular formula is C17H20BrNO. The van der Waals surface area contributed by atoms with E-state index in [-0.39, 0.29) is 0 Å². The van der Waals surface area contributed by atoms with Gasteiger partial charge in [0.25, 0.3) is 0 Å². The van der Waals surface area contributed by atoms with Gasteiger partial charge in [-0.05, 0) is 61.7 Å². The predicted molar refractivity (Wildman–Crippen MR) is 88.8 cm³/mol. The third-order valence-corrected chi connectivity index (χ3v) is 4.10. The first-order valence-corrected chi connectivity index (χ1v) is 7.47. The highest BCUT2D eigenvalue weighted by Crippen LogP contribution is 2.31. The first kappa shape index (κ1) is 15.1. The van der Waals surface area contributed by atoms with Gasteiger partial charge in [0.15, 0.2) is 0 Å². The van der Waals surface area contributed by atoms with Crippen molar-refractivity contribution in [3.63, 3.8) is 0 Å². The lowest BCUT2D eigenvalue weighted by molar-refractivity contribution is 0.198. The number of rotatable bonds is 3. The van der Waals surface area contributed by atoms with Crippen molar-refractivity contribution in [2.45, 2.75) is 26.9 Å². The molecule has 0 fully saturated rings. The number of halogens is 1. The predicted octanol–water partition coefficient (Wildman–Crippen LogP) is 4.89. The average molecular weight is 334 g/mol. The molecule has 20 heavy (non-hydrogen) atoms. The molecule has 0 saturated carbocycles.